The molecule has 0 spiro atoms. The number of nitrogens with two attached hydrogens (primary N) is 1. The number of hydrogen-bond donors (Lipinski definition) is 2. The Hall–Kier alpha value is -1.88. The Morgan fingerprint density at radius 1 is 1.38 bits per heavy atom. The standard InChI is InChI=1S/C16H20N2O2S/c1-12-6-7-13(17)10-15(12)18-16(19)5-3-9-21-11-14-4-2-8-20-14/h2,4,6-8,10H,3,5,9,11,17H2,1H3,(H,18,19). The summed E-state index contributed by atoms with van der Waals surface area (Å²) in [7, 11) is 0. The van der Waals surface area contributed by atoms with Gasteiger partial charge in [-0.1, -0.05) is 6.07 Å². The number of rotatable bonds is 7. The van der Waals surface area contributed by atoms with Gasteiger partial charge in [0.1, 0.15) is 5.76 Å². The average molecular weight is 304 g/mol. The van der Waals surface area contributed by atoms with E-state index >= 15 is 0 Å². The molecule has 5 heteroatoms. The van der Waals surface area contributed by atoms with Crippen molar-refractivity contribution in [3.05, 3.63) is 47.9 Å². The van der Waals surface area contributed by atoms with Crippen LogP contribution in [0.15, 0.2) is 41.0 Å². The van der Waals surface area contributed by atoms with E-state index in [-0.39, 0.29) is 5.91 Å². The summed E-state index contributed by atoms with van der Waals surface area (Å²) < 4.78 is 5.25. The fourth-order valence-corrected chi connectivity index (χ4v) is 2.75. The second-order valence-corrected chi connectivity index (χ2v) is 5.96. The summed E-state index contributed by atoms with van der Waals surface area (Å²) in [5.74, 6) is 2.79. The summed E-state index contributed by atoms with van der Waals surface area (Å²) in [6.07, 6.45) is 3.04. The van der Waals surface area contributed by atoms with E-state index < -0.39 is 0 Å². The molecule has 2 rings (SSSR count). The third kappa shape index (κ3) is 5.19. The van der Waals surface area contributed by atoms with Crippen molar-refractivity contribution in [2.75, 3.05) is 16.8 Å². The largest absolute Gasteiger partial charge is 0.468 e. The highest BCUT2D eigenvalue weighted by molar-refractivity contribution is 7.98. The van der Waals surface area contributed by atoms with Gasteiger partial charge in [0, 0.05) is 17.8 Å². The zero-order chi connectivity index (χ0) is 15.1. The molecular weight excluding hydrogens is 284 g/mol. The van der Waals surface area contributed by atoms with Gasteiger partial charge in [-0.05, 0) is 48.9 Å². The van der Waals surface area contributed by atoms with E-state index in [4.69, 9.17) is 10.2 Å². The number of thioether (sulfide) groups is 1. The summed E-state index contributed by atoms with van der Waals surface area (Å²) in [6.45, 7) is 1.95. The molecule has 0 bridgehead atoms. The molecule has 0 aliphatic rings. The summed E-state index contributed by atoms with van der Waals surface area (Å²) in [5, 5.41) is 2.91. The lowest BCUT2D eigenvalue weighted by molar-refractivity contribution is -0.116. The van der Waals surface area contributed by atoms with Crippen molar-refractivity contribution in [1.82, 2.24) is 0 Å². The lowest BCUT2D eigenvalue weighted by Gasteiger charge is -2.09. The fraction of sp³-hybridized carbons (Fsp3) is 0.312. The lowest BCUT2D eigenvalue weighted by Crippen LogP contribution is -2.12. The second kappa shape index (κ2) is 7.78. The van der Waals surface area contributed by atoms with E-state index in [1.54, 1.807) is 24.1 Å². The molecule has 112 valence electrons. The number of nitrogen functional groups attached to an aromatic ring is 1. The first kappa shape index (κ1) is 15.5. The molecule has 0 aliphatic carbocycles. The van der Waals surface area contributed by atoms with Crippen LogP contribution >= 0.6 is 11.8 Å². The van der Waals surface area contributed by atoms with Gasteiger partial charge in [0.15, 0.2) is 0 Å². The molecule has 0 unspecified atom stereocenters. The number of benzene rings is 1. The average Bonchev–Trinajstić information content (AvgIpc) is 2.96. The quantitative estimate of drug-likeness (QED) is 0.602. The minimum absolute atomic E-state index is 0.0299. The Morgan fingerprint density at radius 2 is 2.24 bits per heavy atom. The van der Waals surface area contributed by atoms with Gasteiger partial charge in [-0.3, -0.25) is 4.79 Å². The Balaban J connectivity index is 1.66. The number of amides is 1. The Morgan fingerprint density at radius 3 is 3.00 bits per heavy atom. The molecule has 4 nitrogen and oxygen atoms in total. The number of carbonyl (C=O) groups is 1. The van der Waals surface area contributed by atoms with E-state index in [0.717, 1.165) is 34.9 Å². The van der Waals surface area contributed by atoms with Crippen molar-refractivity contribution < 1.29 is 9.21 Å². The van der Waals surface area contributed by atoms with E-state index in [1.807, 2.05) is 31.2 Å². The summed E-state index contributed by atoms with van der Waals surface area (Å²) >= 11 is 1.77. The number of hydrogen-bond acceptors (Lipinski definition) is 4. The van der Waals surface area contributed by atoms with Crippen LogP contribution in [0.5, 0.6) is 0 Å². The number of anilines is 2. The van der Waals surface area contributed by atoms with Gasteiger partial charge >= 0.3 is 0 Å². The van der Waals surface area contributed by atoms with Crippen LogP contribution in [-0.2, 0) is 10.5 Å². The first-order chi connectivity index (χ1) is 10.1. The van der Waals surface area contributed by atoms with Gasteiger partial charge in [0.25, 0.3) is 0 Å². The van der Waals surface area contributed by atoms with Crippen LogP contribution < -0.4 is 11.1 Å². The maximum atomic E-state index is 11.9. The monoisotopic (exact) mass is 304 g/mol. The molecule has 3 N–H and O–H groups in total. The number of aryl methyl sites for hydroxylation is 1. The molecule has 0 radical (unpaired) electrons. The van der Waals surface area contributed by atoms with Gasteiger partial charge in [0.2, 0.25) is 5.91 Å². The molecule has 0 fully saturated rings. The molecule has 0 aliphatic heterocycles. The van der Waals surface area contributed by atoms with Crippen LogP contribution in [0.1, 0.15) is 24.2 Å². The number of carbonyl (C=O) groups excluding carboxylic acids is 1. The van der Waals surface area contributed by atoms with Crippen LogP contribution in [0.2, 0.25) is 0 Å². The maximum Gasteiger partial charge on any atom is 0.224 e. The van der Waals surface area contributed by atoms with Crippen LogP contribution in [-0.4, -0.2) is 11.7 Å². The smallest absolute Gasteiger partial charge is 0.224 e. The molecule has 0 saturated carbocycles. The highest BCUT2D eigenvalue weighted by Gasteiger charge is 2.05. The highest BCUT2D eigenvalue weighted by Crippen LogP contribution is 2.19. The molecule has 0 saturated heterocycles. The Labute approximate surface area is 129 Å². The zero-order valence-corrected chi connectivity index (χ0v) is 12.9. The van der Waals surface area contributed by atoms with Gasteiger partial charge in [-0.25, -0.2) is 0 Å². The first-order valence-corrected chi connectivity index (χ1v) is 8.07. The Kier molecular flexibility index (Phi) is 5.75. The molecule has 2 aromatic rings. The van der Waals surface area contributed by atoms with Gasteiger partial charge in [-0.2, -0.15) is 11.8 Å². The molecule has 1 heterocycles. The fourth-order valence-electron chi connectivity index (χ4n) is 1.89. The van der Waals surface area contributed by atoms with Crippen molar-refractivity contribution >= 4 is 29.0 Å². The van der Waals surface area contributed by atoms with Crippen molar-refractivity contribution in [3.63, 3.8) is 0 Å². The highest BCUT2D eigenvalue weighted by atomic mass is 32.2. The summed E-state index contributed by atoms with van der Waals surface area (Å²) in [4.78, 5) is 11.9. The van der Waals surface area contributed by atoms with Crippen molar-refractivity contribution in [3.8, 4) is 0 Å². The van der Waals surface area contributed by atoms with Crippen molar-refractivity contribution in [1.29, 1.82) is 0 Å². The van der Waals surface area contributed by atoms with E-state index in [1.165, 1.54) is 0 Å². The third-order valence-corrected chi connectivity index (χ3v) is 4.12. The predicted octanol–water partition coefficient (Wildman–Crippen LogP) is 3.82. The molecule has 0 atom stereocenters. The van der Waals surface area contributed by atoms with Crippen molar-refractivity contribution in [2.24, 2.45) is 0 Å². The molecule has 21 heavy (non-hydrogen) atoms. The molecular formula is C16H20N2O2S. The normalized spacial score (nSPS) is 10.5. The molecule has 1 aromatic carbocycles. The minimum atomic E-state index is 0.0299. The van der Waals surface area contributed by atoms with Crippen LogP contribution in [0.25, 0.3) is 0 Å². The summed E-state index contributed by atoms with van der Waals surface area (Å²) in [6, 6.07) is 9.37. The Bertz CT molecular complexity index is 582. The van der Waals surface area contributed by atoms with Gasteiger partial charge in [0.05, 0.1) is 12.0 Å². The minimum Gasteiger partial charge on any atom is -0.468 e. The van der Waals surface area contributed by atoms with Crippen molar-refractivity contribution in [2.45, 2.75) is 25.5 Å². The predicted molar refractivity (Wildman–Crippen MR) is 88.3 cm³/mol. The SMILES string of the molecule is Cc1ccc(N)cc1NC(=O)CCCSCc1ccco1. The third-order valence-electron chi connectivity index (χ3n) is 3.05. The van der Waals surface area contributed by atoms with Crippen LogP contribution in [0, 0.1) is 6.92 Å². The number of nitrogens with one attached hydrogen (secondary N) is 1. The van der Waals surface area contributed by atoms with E-state index in [2.05, 4.69) is 5.32 Å². The van der Waals surface area contributed by atoms with Gasteiger partial charge in [-0.15, -0.1) is 0 Å². The first-order valence-electron chi connectivity index (χ1n) is 6.91. The topological polar surface area (TPSA) is 68.3 Å². The lowest BCUT2D eigenvalue weighted by atomic mass is 10.1. The molecule has 1 amide bonds. The molecule has 1 aromatic heterocycles. The second-order valence-electron chi connectivity index (χ2n) is 4.86. The van der Waals surface area contributed by atoms with Crippen LogP contribution in [0.3, 0.4) is 0 Å². The van der Waals surface area contributed by atoms with E-state index in [9.17, 15) is 4.79 Å². The number of furan rings is 1. The zero-order valence-electron chi connectivity index (χ0n) is 12.1. The maximum absolute atomic E-state index is 11.9. The summed E-state index contributed by atoms with van der Waals surface area (Å²) in [5.41, 5.74) is 8.20. The van der Waals surface area contributed by atoms with Gasteiger partial charge < -0.3 is 15.5 Å². The van der Waals surface area contributed by atoms with Crippen LogP contribution in [0.4, 0.5) is 11.4 Å². The van der Waals surface area contributed by atoms with E-state index in [0.29, 0.717) is 12.1 Å².